The summed E-state index contributed by atoms with van der Waals surface area (Å²) >= 11 is 0. The van der Waals surface area contributed by atoms with Gasteiger partial charge in [-0.2, -0.15) is 4.31 Å². The molecule has 1 fully saturated rings. The van der Waals surface area contributed by atoms with Crippen LogP contribution in [0.2, 0.25) is 0 Å². The van der Waals surface area contributed by atoms with Crippen molar-refractivity contribution < 1.29 is 27.7 Å². The first-order chi connectivity index (χ1) is 12.1. The number of nitrogens with one attached hydrogen (secondary N) is 1. The van der Waals surface area contributed by atoms with E-state index in [2.05, 4.69) is 5.32 Å². The lowest BCUT2D eigenvalue weighted by Gasteiger charge is -2.22. The number of nitro benzene ring substituents is 1. The molecule has 0 bridgehead atoms. The van der Waals surface area contributed by atoms with Crippen molar-refractivity contribution in [2.24, 2.45) is 0 Å². The van der Waals surface area contributed by atoms with Crippen LogP contribution in [0.25, 0.3) is 0 Å². The highest BCUT2D eigenvalue weighted by molar-refractivity contribution is 7.88. The molecular formula is C15H19N3O7S. The number of carbonyl (C=O) groups excluding carboxylic acids is 2. The first-order valence-electron chi connectivity index (χ1n) is 7.82. The molecule has 1 aliphatic rings. The van der Waals surface area contributed by atoms with E-state index in [4.69, 9.17) is 4.74 Å². The third kappa shape index (κ3) is 4.76. The zero-order chi connectivity index (χ0) is 19.5. The van der Waals surface area contributed by atoms with Crippen LogP contribution < -0.4 is 5.32 Å². The second-order valence-electron chi connectivity index (χ2n) is 5.90. The molecule has 1 aliphatic heterocycles. The Kier molecular flexibility index (Phi) is 5.93. The third-order valence-corrected chi connectivity index (χ3v) is 5.20. The van der Waals surface area contributed by atoms with Crippen molar-refractivity contribution in [2.45, 2.75) is 31.9 Å². The summed E-state index contributed by atoms with van der Waals surface area (Å²) in [6.45, 7) is 1.60. The lowest BCUT2D eigenvalue weighted by atomic mass is 10.2. The SMILES string of the molecule is C[C@H](OC(=O)[C@@H]1CCCN1S(C)(=O)=O)C(=O)Nc1ccc([N+](=O)[O-])cc1. The molecule has 0 radical (unpaired) electrons. The Labute approximate surface area is 150 Å². The summed E-state index contributed by atoms with van der Waals surface area (Å²) < 4.78 is 29.5. The largest absolute Gasteiger partial charge is 0.451 e. The van der Waals surface area contributed by atoms with Gasteiger partial charge >= 0.3 is 5.97 Å². The van der Waals surface area contributed by atoms with Crippen molar-refractivity contribution in [1.82, 2.24) is 4.31 Å². The van der Waals surface area contributed by atoms with Crippen LogP contribution in [0, 0.1) is 10.1 Å². The molecule has 1 aromatic rings. The lowest BCUT2D eigenvalue weighted by Crippen LogP contribution is -2.43. The molecule has 0 aliphatic carbocycles. The van der Waals surface area contributed by atoms with Gasteiger partial charge in [-0.3, -0.25) is 19.7 Å². The number of benzene rings is 1. The van der Waals surface area contributed by atoms with Crippen LogP contribution in [0.3, 0.4) is 0 Å². The van der Waals surface area contributed by atoms with Gasteiger partial charge in [-0.1, -0.05) is 0 Å². The standard InChI is InChI=1S/C15H19N3O7S/c1-10(14(19)16-11-5-7-12(8-6-11)18(21)22)25-15(20)13-4-3-9-17(13)26(2,23)24/h5-8,10,13H,3-4,9H2,1-2H3,(H,16,19)/t10-,13-/m0/s1. The number of nitrogens with zero attached hydrogens (tertiary/aromatic N) is 2. The first kappa shape index (κ1) is 19.8. The van der Waals surface area contributed by atoms with E-state index in [1.54, 1.807) is 0 Å². The van der Waals surface area contributed by atoms with Gasteiger partial charge in [0, 0.05) is 24.4 Å². The summed E-state index contributed by atoms with van der Waals surface area (Å²) in [6, 6.07) is 4.24. The molecule has 1 aromatic carbocycles. The minimum Gasteiger partial charge on any atom is -0.451 e. The number of nitro groups is 1. The summed E-state index contributed by atoms with van der Waals surface area (Å²) in [5, 5.41) is 13.1. The first-order valence-corrected chi connectivity index (χ1v) is 9.67. The van der Waals surface area contributed by atoms with Crippen molar-refractivity contribution in [3.8, 4) is 0 Å². The van der Waals surface area contributed by atoms with Crippen LogP contribution in [-0.2, 0) is 24.3 Å². The van der Waals surface area contributed by atoms with Gasteiger partial charge in [-0.05, 0) is 31.9 Å². The van der Waals surface area contributed by atoms with Crippen molar-refractivity contribution in [2.75, 3.05) is 18.1 Å². The molecule has 0 spiro atoms. The predicted octanol–water partition coefficient (Wildman–Crippen LogP) is 0.889. The van der Waals surface area contributed by atoms with E-state index in [0.29, 0.717) is 18.5 Å². The molecule has 142 valence electrons. The van der Waals surface area contributed by atoms with Crippen LogP contribution in [-0.4, -0.2) is 54.5 Å². The van der Waals surface area contributed by atoms with Gasteiger partial charge < -0.3 is 10.1 Å². The van der Waals surface area contributed by atoms with Gasteiger partial charge in [0.1, 0.15) is 6.04 Å². The molecule has 1 N–H and O–H groups in total. The average molecular weight is 385 g/mol. The maximum Gasteiger partial charge on any atom is 0.325 e. The van der Waals surface area contributed by atoms with Crippen molar-refractivity contribution in [3.05, 3.63) is 34.4 Å². The Bertz CT molecular complexity index is 807. The van der Waals surface area contributed by atoms with Crippen molar-refractivity contribution >= 4 is 33.3 Å². The quantitative estimate of drug-likeness (QED) is 0.436. The number of amides is 1. The number of sulfonamides is 1. The molecule has 0 saturated carbocycles. The second kappa shape index (κ2) is 7.79. The minimum absolute atomic E-state index is 0.121. The van der Waals surface area contributed by atoms with Gasteiger partial charge in [-0.15, -0.1) is 0 Å². The molecule has 0 aromatic heterocycles. The number of esters is 1. The summed E-state index contributed by atoms with van der Waals surface area (Å²) in [4.78, 5) is 34.3. The third-order valence-electron chi connectivity index (χ3n) is 3.91. The predicted molar refractivity (Wildman–Crippen MR) is 91.9 cm³/mol. The molecule has 11 heteroatoms. The zero-order valence-electron chi connectivity index (χ0n) is 14.2. The molecular weight excluding hydrogens is 366 g/mol. The lowest BCUT2D eigenvalue weighted by molar-refractivity contribution is -0.384. The van der Waals surface area contributed by atoms with E-state index < -0.39 is 39.0 Å². The Morgan fingerprint density at radius 3 is 2.50 bits per heavy atom. The Hall–Kier alpha value is -2.53. The normalized spacial score (nSPS) is 18.9. The van der Waals surface area contributed by atoms with Gasteiger partial charge in [0.15, 0.2) is 6.10 Å². The van der Waals surface area contributed by atoms with Crippen LogP contribution in [0.5, 0.6) is 0 Å². The van der Waals surface area contributed by atoms with Gasteiger partial charge in [0.05, 0.1) is 11.2 Å². The maximum atomic E-state index is 12.2. The van der Waals surface area contributed by atoms with Gasteiger partial charge in [0.2, 0.25) is 10.0 Å². The maximum absolute atomic E-state index is 12.2. The van der Waals surface area contributed by atoms with Crippen molar-refractivity contribution in [1.29, 1.82) is 0 Å². The number of non-ortho nitro benzene ring substituents is 1. The van der Waals surface area contributed by atoms with Gasteiger partial charge in [0.25, 0.3) is 11.6 Å². The minimum atomic E-state index is -3.54. The Morgan fingerprint density at radius 2 is 1.96 bits per heavy atom. The molecule has 1 heterocycles. The average Bonchev–Trinajstić information content (AvgIpc) is 3.05. The molecule has 1 amide bonds. The number of hydrogen-bond donors (Lipinski definition) is 1. The number of hydrogen-bond acceptors (Lipinski definition) is 7. The molecule has 2 atom stereocenters. The van der Waals surface area contributed by atoms with Gasteiger partial charge in [-0.25, -0.2) is 8.42 Å². The van der Waals surface area contributed by atoms with E-state index in [-0.39, 0.29) is 12.2 Å². The highest BCUT2D eigenvalue weighted by Gasteiger charge is 2.38. The monoisotopic (exact) mass is 385 g/mol. The highest BCUT2D eigenvalue weighted by Crippen LogP contribution is 2.22. The molecule has 0 unspecified atom stereocenters. The van der Waals surface area contributed by atoms with Crippen LogP contribution in [0.4, 0.5) is 11.4 Å². The fourth-order valence-electron chi connectivity index (χ4n) is 2.59. The summed E-state index contributed by atoms with van der Waals surface area (Å²) in [6.07, 6.45) is 0.738. The van der Waals surface area contributed by atoms with E-state index in [0.717, 1.165) is 10.6 Å². The molecule has 2 rings (SSSR count). The summed E-state index contributed by atoms with van der Waals surface area (Å²) in [5.74, 6) is -1.41. The van der Waals surface area contributed by atoms with E-state index in [1.807, 2.05) is 0 Å². The van der Waals surface area contributed by atoms with Crippen LogP contribution in [0.15, 0.2) is 24.3 Å². The topological polar surface area (TPSA) is 136 Å². The van der Waals surface area contributed by atoms with Crippen molar-refractivity contribution in [3.63, 3.8) is 0 Å². The zero-order valence-corrected chi connectivity index (χ0v) is 15.1. The summed E-state index contributed by atoms with van der Waals surface area (Å²) in [5.41, 5.74) is 0.187. The van der Waals surface area contributed by atoms with Crippen LogP contribution >= 0.6 is 0 Å². The molecule has 10 nitrogen and oxygen atoms in total. The molecule has 26 heavy (non-hydrogen) atoms. The smallest absolute Gasteiger partial charge is 0.325 e. The van der Waals surface area contributed by atoms with E-state index in [1.165, 1.54) is 31.2 Å². The fourth-order valence-corrected chi connectivity index (χ4v) is 3.70. The number of anilines is 1. The number of carbonyl (C=O) groups is 2. The molecule has 1 saturated heterocycles. The van der Waals surface area contributed by atoms with E-state index >= 15 is 0 Å². The highest BCUT2D eigenvalue weighted by atomic mass is 32.2. The second-order valence-corrected chi connectivity index (χ2v) is 7.84. The Morgan fingerprint density at radius 1 is 1.35 bits per heavy atom. The van der Waals surface area contributed by atoms with Crippen LogP contribution in [0.1, 0.15) is 19.8 Å². The van der Waals surface area contributed by atoms with E-state index in [9.17, 15) is 28.1 Å². The Balaban J connectivity index is 1.96. The number of ether oxygens (including phenoxy) is 1. The number of rotatable bonds is 6. The summed E-state index contributed by atoms with van der Waals surface area (Å²) in [7, 11) is -3.54. The fraction of sp³-hybridized carbons (Fsp3) is 0.467.